The molecule has 0 bridgehead atoms. The average molecular weight is 295 g/mol. The van der Waals surface area contributed by atoms with E-state index in [0.29, 0.717) is 5.91 Å². The number of para-hydroxylation sites is 2. The van der Waals surface area contributed by atoms with Crippen LogP contribution in [-0.2, 0) is 4.79 Å². The van der Waals surface area contributed by atoms with Crippen molar-refractivity contribution < 1.29 is 4.79 Å². The van der Waals surface area contributed by atoms with E-state index in [1.165, 1.54) is 0 Å². The molecular formula is C18H21N3O. The zero-order valence-electron chi connectivity index (χ0n) is 12.7. The summed E-state index contributed by atoms with van der Waals surface area (Å²) in [5.41, 5.74) is 2.04. The Bertz CT molecular complexity index is 685. The molecular weight excluding hydrogens is 274 g/mol. The normalized spacial score (nSPS) is 25.0. The van der Waals surface area contributed by atoms with Crippen LogP contribution in [-0.4, -0.2) is 27.3 Å². The number of nitrogens with zero attached hydrogens (tertiary/aromatic N) is 2. The Balaban J connectivity index is 1.60. The van der Waals surface area contributed by atoms with Crippen LogP contribution in [0.25, 0.3) is 11.0 Å². The molecule has 4 rings (SSSR count). The third kappa shape index (κ3) is 2.32. The number of carbonyl (C=O) groups is 1. The zero-order valence-corrected chi connectivity index (χ0v) is 12.7. The second-order valence-corrected chi connectivity index (χ2v) is 6.31. The molecule has 0 unspecified atom stereocenters. The summed E-state index contributed by atoms with van der Waals surface area (Å²) in [4.78, 5) is 23.0. The number of imidazole rings is 1. The van der Waals surface area contributed by atoms with Gasteiger partial charge in [0, 0.05) is 12.5 Å². The van der Waals surface area contributed by atoms with Gasteiger partial charge in [0.05, 0.1) is 17.1 Å². The van der Waals surface area contributed by atoms with Crippen LogP contribution in [0.15, 0.2) is 36.4 Å². The molecule has 1 aromatic carbocycles. The van der Waals surface area contributed by atoms with Crippen molar-refractivity contribution in [2.24, 2.45) is 5.92 Å². The largest absolute Gasteiger partial charge is 0.340 e. The summed E-state index contributed by atoms with van der Waals surface area (Å²) < 4.78 is 0. The van der Waals surface area contributed by atoms with Crippen molar-refractivity contribution in [1.82, 2.24) is 14.9 Å². The quantitative estimate of drug-likeness (QED) is 0.861. The Morgan fingerprint density at radius 1 is 1.23 bits per heavy atom. The standard InChI is InChI=1S/C18H21N3O/c22-18(13-7-2-1-3-8-13)21-12-6-11-16(21)17-19-14-9-4-5-10-15(14)20-17/h1-2,4-5,9-10,13,16H,3,6-8,11-12H2,(H,19,20)/t13-,16+/m0/s1. The van der Waals surface area contributed by atoms with E-state index in [4.69, 9.17) is 4.98 Å². The molecule has 2 aliphatic rings. The third-order valence-electron chi connectivity index (χ3n) is 4.88. The first-order chi connectivity index (χ1) is 10.8. The molecule has 2 atom stereocenters. The number of nitrogens with one attached hydrogen (secondary N) is 1. The van der Waals surface area contributed by atoms with E-state index >= 15 is 0 Å². The van der Waals surface area contributed by atoms with Crippen LogP contribution in [0.2, 0.25) is 0 Å². The van der Waals surface area contributed by atoms with Gasteiger partial charge >= 0.3 is 0 Å². The van der Waals surface area contributed by atoms with E-state index in [1.54, 1.807) is 0 Å². The van der Waals surface area contributed by atoms with Crippen LogP contribution in [0, 0.1) is 5.92 Å². The van der Waals surface area contributed by atoms with E-state index in [2.05, 4.69) is 22.0 Å². The van der Waals surface area contributed by atoms with Crippen molar-refractivity contribution in [2.75, 3.05) is 6.54 Å². The summed E-state index contributed by atoms with van der Waals surface area (Å²) >= 11 is 0. The highest BCUT2D eigenvalue weighted by Crippen LogP contribution is 2.34. The lowest BCUT2D eigenvalue weighted by Gasteiger charge is -2.28. The smallest absolute Gasteiger partial charge is 0.226 e. The van der Waals surface area contributed by atoms with Crippen molar-refractivity contribution in [2.45, 2.75) is 38.1 Å². The highest BCUT2D eigenvalue weighted by Gasteiger charge is 2.35. The fourth-order valence-electron chi connectivity index (χ4n) is 3.70. The molecule has 4 nitrogen and oxygen atoms in total. The van der Waals surface area contributed by atoms with Crippen LogP contribution in [0.1, 0.15) is 44.0 Å². The molecule has 1 aliphatic carbocycles. The zero-order chi connectivity index (χ0) is 14.9. The minimum atomic E-state index is 0.116. The molecule has 1 fully saturated rings. The van der Waals surface area contributed by atoms with Crippen molar-refractivity contribution in [3.05, 3.63) is 42.2 Å². The molecule has 2 heterocycles. The van der Waals surface area contributed by atoms with Gasteiger partial charge in [-0.1, -0.05) is 24.3 Å². The van der Waals surface area contributed by atoms with Crippen molar-refractivity contribution in [1.29, 1.82) is 0 Å². The predicted molar refractivity (Wildman–Crippen MR) is 86.3 cm³/mol. The Morgan fingerprint density at radius 3 is 2.95 bits per heavy atom. The molecule has 0 spiro atoms. The molecule has 1 N–H and O–H groups in total. The third-order valence-corrected chi connectivity index (χ3v) is 4.88. The van der Waals surface area contributed by atoms with Crippen molar-refractivity contribution in [3.8, 4) is 0 Å². The highest BCUT2D eigenvalue weighted by molar-refractivity contribution is 5.80. The van der Waals surface area contributed by atoms with Gasteiger partial charge in [-0.2, -0.15) is 0 Å². The van der Waals surface area contributed by atoms with Gasteiger partial charge in [0.1, 0.15) is 5.82 Å². The van der Waals surface area contributed by atoms with E-state index < -0.39 is 0 Å². The number of amides is 1. The average Bonchev–Trinajstić information content (AvgIpc) is 3.21. The van der Waals surface area contributed by atoms with Crippen molar-refractivity contribution in [3.63, 3.8) is 0 Å². The van der Waals surface area contributed by atoms with Gasteiger partial charge in [-0.25, -0.2) is 4.98 Å². The van der Waals surface area contributed by atoms with Crippen LogP contribution < -0.4 is 0 Å². The van der Waals surface area contributed by atoms with Crippen LogP contribution in [0.5, 0.6) is 0 Å². The van der Waals surface area contributed by atoms with Crippen LogP contribution >= 0.6 is 0 Å². The molecule has 1 aliphatic heterocycles. The summed E-state index contributed by atoms with van der Waals surface area (Å²) in [5, 5.41) is 0. The number of carbonyl (C=O) groups excluding carboxylic acids is 1. The van der Waals surface area contributed by atoms with Crippen molar-refractivity contribution >= 4 is 16.9 Å². The maximum Gasteiger partial charge on any atom is 0.226 e. The van der Waals surface area contributed by atoms with Crippen LogP contribution in [0.4, 0.5) is 0 Å². The van der Waals surface area contributed by atoms with Gasteiger partial charge in [0.2, 0.25) is 5.91 Å². The lowest BCUT2D eigenvalue weighted by atomic mass is 9.93. The van der Waals surface area contributed by atoms with Gasteiger partial charge in [-0.15, -0.1) is 0 Å². The fraction of sp³-hybridized carbons (Fsp3) is 0.444. The number of H-pyrrole nitrogens is 1. The van der Waals surface area contributed by atoms with E-state index in [1.807, 2.05) is 24.3 Å². The monoisotopic (exact) mass is 295 g/mol. The number of hydrogen-bond acceptors (Lipinski definition) is 2. The maximum absolute atomic E-state index is 12.8. The second-order valence-electron chi connectivity index (χ2n) is 6.31. The highest BCUT2D eigenvalue weighted by atomic mass is 16.2. The maximum atomic E-state index is 12.8. The molecule has 1 saturated heterocycles. The van der Waals surface area contributed by atoms with E-state index in [-0.39, 0.29) is 12.0 Å². The lowest BCUT2D eigenvalue weighted by Crippen LogP contribution is -2.36. The molecule has 1 aromatic heterocycles. The van der Waals surface area contributed by atoms with Gasteiger partial charge in [-0.05, 0) is 44.2 Å². The second kappa shape index (κ2) is 5.59. The molecule has 22 heavy (non-hydrogen) atoms. The predicted octanol–water partition coefficient (Wildman–Crippen LogP) is 3.58. The minimum absolute atomic E-state index is 0.116. The number of allylic oxidation sites excluding steroid dienone is 2. The number of likely N-dealkylation sites (tertiary alicyclic amines) is 1. The Labute approximate surface area is 130 Å². The van der Waals surface area contributed by atoms with Gasteiger partial charge in [0.25, 0.3) is 0 Å². The summed E-state index contributed by atoms with van der Waals surface area (Å²) in [6.45, 7) is 0.862. The SMILES string of the molecule is O=C([C@H]1CC=CCC1)N1CCC[C@@H]1c1nc2ccccc2[nH]1. The first-order valence-electron chi connectivity index (χ1n) is 8.23. The Kier molecular flexibility index (Phi) is 3.45. The first kappa shape index (κ1) is 13.6. The summed E-state index contributed by atoms with van der Waals surface area (Å²) in [5.74, 6) is 1.42. The van der Waals surface area contributed by atoms with E-state index in [9.17, 15) is 4.79 Å². The topological polar surface area (TPSA) is 49.0 Å². The fourth-order valence-corrected chi connectivity index (χ4v) is 3.70. The molecule has 0 saturated carbocycles. The Hall–Kier alpha value is -2.10. The van der Waals surface area contributed by atoms with Gasteiger partial charge < -0.3 is 9.88 Å². The minimum Gasteiger partial charge on any atom is -0.340 e. The summed E-state index contributed by atoms with van der Waals surface area (Å²) in [6.07, 6.45) is 9.31. The summed E-state index contributed by atoms with van der Waals surface area (Å²) in [7, 11) is 0. The number of benzene rings is 1. The van der Waals surface area contributed by atoms with E-state index in [0.717, 1.165) is 55.5 Å². The number of hydrogen-bond donors (Lipinski definition) is 1. The number of aromatic nitrogens is 2. The lowest BCUT2D eigenvalue weighted by molar-refractivity contribution is -0.136. The number of rotatable bonds is 2. The molecule has 4 heteroatoms. The molecule has 0 radical (unpaired) electrons. The van der Waals surface area contributed by atoms with Gasteiger partial charge in [-0.3, -0.25) is 4.79 Å². The van der Waals surface area contributed by atoms with Gasteiger partial charge in [0.15, 0.2) is 0 Å². The Morgan fingerprint density at radius 2 is 2.14 bits per heavy atom. The molecule has 1 amide bonds. The first-order valence-corrected chi connectivity index (χ1v) is 8.23. The molecule has 2 aromatic rings. The van der Waals surface area contributed by atoms with Crippen LogP contribution in [0.3, 0.4) is 0 Å². The molecule has 114 valence electrons. The number of fused-ring (bicyclic) bond motifs is 1. The summed E-state index contributed by atoms with van der Waals surface area (Å²) in [6, 6.07) is 8.18. The number of aromatic amines is 1.